The molecule has 4 N–H and O–H groups in total. The van der Waals surface area contributed by atoms with Crippen molar-refractivity contribution in [3.63, 3.8) is 0 Å². The van der Waals surface area contributed by atoms with Gasteiger partial charge >= 0.3 is 0 Å². The summed E-state index contributed by atoms with van der Waals surface area (Å²) in [6, 6.07) is 2.83. The van der Waals surface area contributed by atoms with Crippen molar-refractivity contribution in [2.75, 3.05) is 6.26 Å². The fraction of sp³-hybridized carbons (Fsp3) is 0.462. The molecule has 7 heteroatoms. The van der Waals surface area contributed by atoms with E-state index < -0.39 is 9.84 Å². The highest BCUT2D eigenvalue weighted by atomic mass is 32.2. The molecule has 0 fully saturated rings. The summed E-state index contributed by atoms with van der Waals surface area (Å²) in [5.41, 5.74) is 7.60. The molecule has 0 spiro atoms. The fourth-order valence-corrected chi connectivity index (χ4v) is 2.97. The number of hydrogen-bond donors (Lipinski definition) is 3. The number of aromatic nitrogens is 2. The minimum Gasteiger partial charge on any atom is -0.392 e. The number of H-pyrrole nitrogens is 1. The zero-order valence-electron chi connectivity index (χ0n) is 11.7. The zero-order valence-corrected chi connectivity index (χ0v) is 12.5. The summed E-state index contributed by atoms with van der Waals surface area (Å²) in [7, 11) is -3.41. The minimum atomic E-state index is -3.41. The molecule has 0 bridgehead atoms. The van der Waals surface area contributed by atoms with Crippen molar-refractivity contribution in [2.45, 2.75) is 31.4 Å². The number of benzene rings is 1. The summed E-state index contributed by atoms with van der Waals surface area (Å²) in [5.74, 6) is 0.826. The van der Waals surface area contributed by atoms with Crippen LogP contribution in [0.1, 0.15) is 31.3 Å². The quantitative estimate of drug-likeness (QED) is 0.783. The van der Waals surface area contributed by atoms with Gasteiger partial charge in [0, 0.05) is 6.26 Å². The van der Waals surface area contributed by atoms with E-state index in [1.54, 1.807) is 6.07 Å². The molecule has 1 aromatic heterocycles. The number of aliphatic hydroxyl groups excluding tert-OH is 1. The van der Waals surface area contributed by atoms with Crippen LogP contribution >= 0.6 is 0 Å². The number of imidazole rings is 1. The Balaban J connectivity index is 2.64. The molecule has 0 amide bonds. The predicted molar refractivity (Wildman–Crippen MR) is 76.9 cm³/mol. The third kappa shape index (κ3) is 2.70. The van der Waals surface area contributed by atoms with E-state index >= 15 is 0 Å². The van der Waals surface area contributed by atoms with Gasteiger partial charge in [0.05, 0.1) is 28.6 Å². The Morgan fingerprint density at radius 2 is 2.05 bits per heavy atom. The molecular formula is C13H19N3O3S. The highest BCUT2D eigenvalue weighted by molar-refractivity contribution is 7.90. The highest BCUT2D eigenvalue weighted by Gasteiger charge is 2.19. The van der Waals surface area contributed by atoms with Crippen LogP contribution in [0.15, 0.2) is 17.0 Å². The maximum atomic E-state index is 11.7. The van der Waals surface area contributed by atoms with Gasteiger partial charge in [-0.3, -0.25) is 0 Å². The van der Waals surface area contributed by atoms with Gasteiger partial charge in [-0.15, -0.1) is 0 Å². The van der Waals surface area contributed by atoms with Gasteiger partial charge in [-0.2, -0.15) is 0 Å². The Kier molecular flexibility index (Phi) is 3.86. The monoisotopic (exact) mass is 297 g/mol. The molecular weight excluding hydrogens is 278 g/mol. The number of sulfone groups is 1. The van der Waals surface area contributed by atoms with Gasteiger partial charge in [0.1, 0.15) is 5.82 Å². The van der Waals surface area contributed by atoms with Gasteiger partial charge in [0.25, 0.3) is 0 Å². The van der Waals surface area contributed by atoms with Gasteiger partial charge in [0.15, 0.2) is 9.84 Å². The minimum absolute atomic E-state index is 0.101. The van der Waals surface area contributed by atoms with Crippen molar-refractivity contribution < 1.29 is 13.5 Å². The van der Waals surface area contributed by atoms with Crippen LogP contribution in [0.5, 0.6) is 0 Å². The number of aromatic amines is 1. The van der Waals surface area contributed by atoms with Crippen LogP contribution in [0.3, 0.4) is 0 Å². The Morgan fingerprint density at radius 1 is 1.40 bits per heavy atom. The number of fused-ring (bicyclic) bond motifs is 1. The molecule has 2 rings (SSSR count). The van der Waals surface area contributed by atoms with Gasteiger partial charge in [0.2, 0.25) is 0 Å². The van der Waals surface area contributed by atoms with E-state index in [0.717, 1.165) is 6.26 Å². The number of hydrogen-bond acceptors (Lipinski definition) is 5. The number of nitrogens with zero attached hydrogens (tertiary/aromatic N) is 1. The van der Waals surface area contributed by atoms with Gasteiger partial charge in [-0.1, -0.05) is 13.8 Å². The predicted octanol–water partition coefficient (Wildman–Crippen LogP) is 1.11. The SMILES string of the molecule is CC(C)[C@@H](N)c1nc2cc(S(C)(=O)=O)c(CO)cc2[nH]1. The summed E-state index contributed by atoms with van der Waals surface area (Å²) < 4.78 is 23.5. The first-order valence-corrected chi connectivity index (χ1v) is 8.22. The smallest absolute Gasteiger partial charge is 0.175 e. The van der Waals surface area contributed by atoms with Crippen molar-refractivity contribution in [1.82, 2.24) is 9.97 Å². The lowest BCUT2D eigenvalue weighted by atomic mass is 10.1. The van der Waals surface area contributed by atoms with E-state index in [0.29, 0.717) is 22.4 Å². The second-order valence-electron chi connectivity index (χ2n) is 5.30. The number of nitrogens with one attached hydrogen (secondary N) is 1. The van der Waals surface area contributed by atoms with Gasteiger partial charge < -0.3 is 15.8 Å². The lowest BCUT2D eigenvalue weighted by Crippen LogP contribution is -2.17. The molecule has 0 radical (unpaired) electrons. The lowest BCUT2D eigenvalue weighted by Gasteiger charge is -2.11. The first-order chi connectivity index (χ1) is 9.24. The molecule has 1 aromatic carbocycles. The molecule has 110 valence electrons. The van der Waals surface area contributed by atoms with E-state index in [1.807, 2.05) is 13.8 Å². The van der Waals surface area contributed by atoms with Crippen molar-refractivity contribution >= 4 is 20.9 Å². The molecule has 0 aliphatic rings. The summed E-state index contributed by atoms with van der Waals surface area (Å²) in [6.07, 6.45) is 1.11. The van der Waals surface area contributed by atoms with Crippen LogP contribution < -0.4 is 5.73 Å². The third-order valence-electron chi connectivity index (χ3n) is 3.29. The van der Waals surface area contributed by atoms with E-state index in [4.69, 9.17) is 5.73 Å². The lowest BCUT2D eigenvalue weighted by molar-refractivity contribution is 0.278. The molecule has 0 unspecified atom stereocenters. The first kappa shape index (κ1) is 15.0. The van der Waals surface area contributed by atoms with E-state index in [9.17, 15) is 13.5 Å². The van der Waals surface area contributed by atoms with Crippen molar-refractivity contribution in [1.29, 1.82) is 0 Å². The Morgan fingerprint density at radius 3 is 2.55 bits per heavy atom. The normalized spacial score (nSPS) is 14.1. The third-order valence-corrected chi connectivity index (χ3v) is 4.47. The molecule has 0 saturated heterocycles. The van der Waals surface area contributed by atoms with Crippen molar-refractivity contribution in [3.8, 4) is 0 Å². The molecule has 0 aliphatic heterocycles. The Bertz CT molecular complexity index is 735. The van der Waals surface area contributed by atoms with Crippen LogP contribution in [0, 0.1) is 5.92 Å². The maximum Gasteiger partial charge on any atom is 0.175 e. The Hall–Kier alpha value is -1.44. The van der Waals surface area contributed by atoms with Gasteiger partial charge in [-0.25, -0.2) is 13.4 Å². The fourth-order valence-electron chi connectivity index (χ4n) is 2.04. The largest absolute Gasteiger partial charge is 0.392 e. The van der Waals surface area contributed by atoms with E-state index in [2.05, 4.69) is 9.97 Å². The van der Waals surface area contributed by atoms with Crippen LogP contribution in [0.4, 0.5) is 0 Å². The number of rotatable bonds is 4. The van der Waals surface area contributed by atoms with Crippen molar-refractivity contribution in [2.24, 2.45) is 11.7 Å². The summed E-state index contributed by atoms with van der Waals surface area (Å²) in [4.78, 5) is 7.55. The second kappa shape index (κ2) is 5.16. The first-order valence-electron chi connectivity index (χ1n) is 6.33. The second-order valence-corrected chi connectivity index (χ2v) is 7.28. The summed E-state index contributed by atoms with van der Waals surface area (Å²) in [6.45, 7) is 3.63. The molecule has 1 atom stereocenters. The molecule has 6 nitrogen and oxygen atoms in total. The topological polar surface area (TPSA) is 109 Å². The molecule has 1 heterocycles. The zero-order chi connectivity index (χ0) is 15.1. The van der Waals surface area contributed by atoms with Crippen LogP contribution in [0.25, 0.3) is 11.0 Å². The van der Waals surface area contributed by atoms with Gasteiger partial charge in [-0.05, 0) is 23.6 Å². The summed E-state index contributed by atoms with van der Waals surface area (Å²) >= 11 is 0. The number of nitrogens with two attached hydrogens (primary N) is 1. The highest BCUT2D eigenvalue weighted by Crippen LogP contribution is 2.25. The average molecular weight is 297 g/mol. The van der Waals surface area contributed by atoms with Crippen LogP contribution in [-0.2, 0) is 16.4 Å². The van der Waals surface area contributed by atoms with Crippen LogP contribution in [0.2, 0.25) is 0 Å². The average Bonchev–Trinajstić information content (AvgIpc) is 2.77. The summed E-state index contributed by atoms with van der Waals surface area (Å²) in [5, 5.41) is 9.32. The van der Waals surface area contributed by atoms with E-state index in [1.165, 1.54) is 6.07 Å². The molecule has 20 heavy (non-hydrogen) atoms. The number of aliphatic hydroxyl groups is 1. The maximum absolute atomic E-state index is 11.7. The van der Waals surface area contributed by atoms with E-state index in [-0.39, 0.29) is 23.5 Å². The molecule has 0 saturated carbocycles. The van der Waals surface area contributed by atoms with Crippen molar-refractivity contribution in [3.05, 3.63) is 23.5 Å². The molecule has 2 aromatic rings. The van der Waals surface area contributed by atoms with Crippen LogP contribution in [-0.4, -0.2) is 29.7 Å². The standard InChI is InChI=1S/C13H19N3O3S/c1-7(2)12(14)13-15-9-4-8(6-17)11(20(3,18)19)5-10(9)16-13/h4-5,7,12,17H,6,14H2,1-3H3,(H,15,16)/t12-/m1/s1. The Labute approximate surface area is 117 Å². The molecule has 0 aliphatic carbocycles.